The summed E-state index contributed by atoms with van der Waals surface area (Å²) in [4.78, 5) is 31.4. The average Bonchev–Trinajstić information content (AvgIpc) is 2.78. The molecular formula is C28H54N6O4. The minimum absolute atomic E-state index is 0.0406. The predicted molar refractivity (Wildman–Crippen MR) is 154 cm³/mol. The van der Waals surface area contributed by atoms with Gasteiger partial charge in [-0.2, -0.15) is 0 Å². The second-order valence-electron chi connectivity index (χ2n) is 11.7. The lowest BCUT2D eigenvalue weighted by Crippen LogP contribution is -2.47. The van der Waals surface area contributed by atoms with Crippen molar-refractivity contribution >= 4 is 18.1 Å². The Hall–Kier alpha value is -2.48. The van der Waals surface area contributed by atoms with E-state index in [4.69, 9.17) is 15.0 Å². The molecule has 0 atom stereocenters. The lowest BCUT2D eigenvalue weighted by molar-refractivity contribution is 0.0545. The lowest BCUT2D eigenvalue weighted by atomic mass is 10.0. The number of aliphatic imine (C=N–C) groups is 1. The van der Waals surface area contributed by atoms with Crippen LogP contribution in [0.2, 0.25) is 0 Å². The monoisotopic (exact) mass is 538 g/mol. The Morgan fingerprint density at radius 2 is 0.921 bits per heavy atom. The number of hydrogen-bond acceptors (Lipinski definition) is 6. The Morgan fingerprint density at radius 3 is 1.24 bits per heavy atom. The number of rotatable bonds is 18. The quantitative estimate of drug-likeness (QED) is 0.0450. The van der Waals surface area contributed by atoms with E-state index >= 15 is 0 Å². The Bertz CT molecular complexity index is 690. The molecule has 0 spiro atoms. The smallest absolute Gasteiger partial charge is 0.414 e. The van der Waals surface area contributed by atoms with Gasteiger partial charge in [-0.3, -0.25) is 15.6 Å². The summed E-state index contributed by atoms with van der Waals surface area (Å²) in [7, 11) is 0. The maximum Gasteiger partial charge on any atom is 0.414 e. The van der Waals surface area contributed by atoms with Gasteiger partial charge in [0.25, 0.3) is 0 Å². The third kappa shape index (κ3) is 26.6. The van der Waals surface area contributed by atoms with E-state index in [0.29, 0.717) is 13.1 Å². The second kappa shape index (κ2) is 21.5. The van der Waals surface area contributed by atoms with E-state index in [-0.39, 0.29) is 5.96 Å². The van der Waals surface area contributed by atoms with E-state index in [1.165, 1.54) is 70.6 Å². The highest BCUT2D eigenvalue weighted by Gasteiger charge is 2.21. The zero-order chi connectivity index (χ0) is 28.7. The molecule has 10 heteroatoms. The molecular weight excluding hydrogens is 484 g/mol. The molecule has 0 radical (unpaired) electrons. The predicted octanol–water partition coefficient (Wildman–Crippen LogP) is 8.55. The van der Waals surface area contributed by atoms with Gasteiger partial charge in [0.05, 0.1) is 0 Å². The molecule has 0 fully saturated rings. The molecule has 220 valence electrons. The Balaban J connectivity index is 3.96. The van der Waals surface area contributed by atoms with Gasteiger partial charge in [0.15, 0.2) is 0 Å². The van der Waals surface area contributed by atoms with E-state index in [0.717, 1.165) is 25.7 Å². The number of nitrogens with one attached hydrogen (secondary N) is 2. The second-order valence-corrected chi connectivity index (χ2v) is 11.7. The molecule has 0 unspecified atom stereocenters. The molecule has 0 aromatic carbocycles. The summed E-state index contributed by atoms with van der Waals surface area (Å²) in [5.74, 6) is 0.0406. The van der Waals surface area contributed by atoms with Gasteiger partial charge < -0.3 is 9.47 Å². The fourth-order valence-electron chi connectivity index (χ4n) is 3.74. The van der Waals surface area contributed by atoms with Gasteiger partial charge in [-0.1, -0.05) is 88.6 Å². The number of nitrogens with zero attached hydrogens (tertiary/aromatic N) is 4. The van der Waals surface area contributed by atoms with Gasteiger partial charge in [-0.15, -0.1) is 0 Å². The topological polar surface area (TPSA) is 138 Å². The SMILES string of the molecule is CC(C)(C)OC(=O)NC(=NCCCCCCCCCCCCCCCCCN=[N+]=[N-])NC(=O)OC(C)(C)C. The fraction of sp³-hybridized carbons (Fsp3) is 0.893. The zero-order valence-electron chi connectivity index (χ0n) is 24.9. The van der Waals surface area contributed by atoms with Gasteiger partial charge in [-0.05, 0) is 59.9 Å². The molecule has 2 N–H and O–H groups in total. The highest BCUT2D eigenvalue weighted by molar-refractivity contribution is 6.01. The number of alkyl carbamates (subject to hydrolysis) is 2. The minimum Gasteiger partial charge on any atom is -0.444 e. The first kappa shape index (κ1) is 35.5. The van der Waals surface area contributed by atoms with Gasteiger partial charge in [-0.25, -0.2) is 9.59 Å². The average molecular weight is 539 g/mol. The van der Waals surface area contributed by atoms with Crippen LogP contribution < -0.4 is 10.6 Å². The van der Waals surface area contributed by atoms with Crippen LogP contribution in [0.15, 0.2) is 10.1 Å². The summed E-state index contributed by atoms with van der Waals surface area (Å²) in [6.07, 6.45) is 16.8. The summed E-state index contributed by atoms with van der Waals surface area (Å²) in [6.45, 7) is 11.7. The van der Waals surface area contributed by atoms with Crippen molar-refractivity contribution in [2.75, 3.05) is 13.1 Å². The van der Waals surface area contributed by atoms with Crippen molar-refractivity contribution in [1.29, 1.82) is 0 Å². The van der Waals surface area contributed by atoms with Crippen LogP contribution in [0.5, 0.6) is 0 Å². The molecule has 0 saturated carbocycles. The first-order chi connectivity index (χ1) is 17.9. The standard InChI is InChI=1S/C28H54N6O4/c1-27(2,3)37-25(35)32-24(33-26(36)38-28(4,5)6)30-22-20-18-16-14-12-10-8-7-9-11-13-15-17-19-21-23-31-34-29/h7-23H2,1-6H3,(H2,30,32,33,35,36). The fourth-order valence-corrected chi connectivity index (χ4v) is 3.74. The van der Waals surface area contributed by atoms with Crippen molar-refractivity contribution in [2.45, 2.75) is 149 Å². The summed E-state index contributed by atoms with van der Waals surface area (Å²) < 4.78 is 10.5. The number of guanidine groups is 1. The Morgan fingerprint density at radius 1 is 0.605 bits per heavy atom. The van der Waals surface area contributed by atoms with Crippen molar-refractivity contribution in [3.8, 4) is 0 Å². The summed E-state index contributed by atoms with van der Waals surface area (Å²) in [5, 5.41) is 8.59. The summed E-state index contributed by atoms with van der Waals surface area (Å²) >= 11 is 0. The van der Waals surface area contributed by atoms with Crippen LogP contribution in [0.1, 0.15) is 138 Å². The van der Waals surface area contributed by atoms with Crippen molar-refractivity contribution in [2.24, 2.45) is 10.1 Å². The minimum atomic E-state index is -0.675. The van der Waals surface area contributed by atoms with Crippen LogP contribution in [0.25, 0.3) is 10.4 Å². The van der Waals surface area contributed by atoms with Crippen LogP contribution in [-0.4, -0.2) is 42.4 Å². The highest BCUT2D eigenvalue weighted by atomic mass is 16.6. The highest BCUT2D eigenvalue weighted by Crippen LogP contribution is 2.13. The molecule has 10 nitrogen and oxygen atoms in total. The van der Waals surface area contributed by atoms with E-state index in [1.807, 2.05) is 0 Å². The number of amides is 2. The third-order valence-electron chi connectivity index (χ3n) is 5.49. The maximum atomic E-state index is 12.1. The van der Waals surface area contributed by atoms with Crippen LogP contribution in [0, 0.1) is 0 Å². The molecule has 0 aromatic heterocycles. The molecule has 0 aromatic rings. The van der Waals surface area contributed by atoms with Crippen LogP contribution in [-0.2, 0) is 9.47 Å². The molecule has 2 amide bonds. The molecule has 0 heterocycles. The van der Waals surface area contributed by atoms with Gasteiger partial charge in [0, 0.05) is 18.0 Å². The van der Waals surface area contributed by atoms with Gasteiger partial charge >= 0.3 is 12.2 Å². The molecule has 0 bridgehead atoms. The van der Waals surface area contributed by atoms with Crippen molar-refractivity contribution in [1.82, 2.24) is 10.6 Å². The molecule has 0 aliphatic carbocycles. The van der Waals surface area contributed by atoms with Crippen LogP contribution in [0.4, 0.5) is 9.59 Å². The number of carbonyl (C=O) groups excluding carboxylic acids is 2. The van der Waals surface area contributed by atoms with Crippen molar-refractivity contribution in [3.05, 3.63) is 10.4 Å². The van der Waals surface area contributed by atoms with Crippen LogP contribution in [0.3, 0.4) is 0 Å². The largest absolute Gasteiger partial charge is 0.444 e. The van der Waals surface area contributed by atoms with Crippen molar-refractivity contribution < 1.29 is 19.1 Å². The zero-order valence-corrected chi connectivity index (χ0v) is 24.9. The third-order valence-corrected chi connectivity index (χ3v) is 5.49. The Labute approximate surface area is 230 Å². The molecule has 0 saturated heterocycles. The first-order valence-corrected chi connectivity index (χ1v) is 14.5. The normalized spacial score (nSPS) is 11.3. The number of azide groups is 1. The van der Waals surface area contributed by atoms with Crippen LogP contribution >= 0.6 is 0 Å². The number of ether oxygens (including phenoxy) is 2. The van der Waals surface area contributed by atoms with Gasteiger partial charge in [0.2, 0.25) is 5.96 Å². The summed E-state index contributed by atoms with van der Waals surface area (Å²) in [5.41, 5.74) is 6.93. The van der Waals surface area contributed by atoms with E-state index in [2.05, 4.69) is 25.7 Å². The van der Waals surface area contributed by atoms with E-state index < -0.39 is 23.4 Å². The van der Waals surface area contributed by atoms with E-state index in [1.54, 1.807) is 41.5 Å². The number of hydrogen-bond donors (Lipinski definition) is 2. The molecule has 0 aliphatic heterocycles. The number of unbranched alkanes of at least 4 members (excludes halogenated alkanes) is 14. The van der Waals surface area contributed by atoms with E-state index in [9.17, 15) is 9.59 Å². The lowest BCUT2D eigenvalue weighted by Gasteiger charge is -2.22. The maximum absolute atomic E-state index is 12.1. The Kier molecular flexibility index (Phi) is 20.1. The molecule has 0 rings (SSSR count). The summed E-state index contributed by atoms with van der Waals surface area (Å²) in [6, 6.07) is 0. The first-order valence-electron chi connectivity index (χ1n) is 14.5. The van der Waals surface area contributed by atoms with Crippen molar-refractivity contribution in [3.63, 3.8) is 0 Å². The molecule has 0 aliphatic rings. The number of carbonyl (C=O) groups is 2. The molecule has 38 heavy (non-hydrogen) atoms. The van der Waals surface area contributed by atoms with Gasteiger partial charge in [0.1, 0.15) is 11.2 Å².